The summed E-state index contributed by atoms with van der Waals surface area (Å²) in [6.45, 7) is 0.136. The Morgan fingerprint density at radius 2 is 2.00 bits per heavy atom. The maximum absolute atomic E-state index is 13.7. The molecule has 0 atom stereocenters. The first-order chi connectivity index (χ1) is 10.1. The number of nitrogens with two attached hydrogens (primary N) is 1. The van der Waals surface area contributed by atoms with Gasteiger partial charge in [-0.25, -0.2) is 8.78 Å². The van der Waals surface area contributed by atoms with Gasteiger partial charge in [-0.05, 0) is 36.4 Å². The van der Waals surface area contributed by atoms with Crippen LogP contribution in [0.15, 0.2) is 42.5 Å². The van der Waals surface area contributed by atoms with E-state index in [4.69, 9.17) is 5.73 Å². The van der Waals surface area contributed by atoms with Crippen molar-refractivity contribution in [2.24, 2.45) is 5.73 Å². The van der Waals surface area contributed by atoms with Crippen molar-refractivity contribution in [1.82, 2.24) is 0 Å². The minimum absolute atomic E-state index is 0.136. The van der Waals surface area contributed by atoms with E-state index in [1.165, 1.54) is 30.3 Å². The molecule has 2 aromatic rings. The fraction of sp³-hybridized carbons (Fsp3) is 0.0625. The van der Waals surface area contributed by atoms with Gasteiger partial charge in [-0.15, -0.1) is 0 Å². The van der Waals surface area contributed by atoms with Crippen LogP contribution in [0.25, 0.3) is 0 Å². The third kappa shape index (κ3) is 3.88. The Morgan fingerprint density at radius 1 is 1.19 bits per heavy atom. The molecule has 0 aliphatic rings. The number of benzene rings is 2. The van der Waals surface area contributed by atoms with Crippen LogP contribution in [-0.4, -0.2) is 12.5 Å². The molecule has 2 aromatic carbocycles. The molecule has 21 heavy (non-hydrogen) atoms. The first-order valence-corrected chi connectivity index (χ1v) is 6.15. The summed E-state index contributed by atoms with van der Waals surface area (Å²) in [6, 6.07) is 9.35. The van der Waals surface area contributed by atoms with Crippen molar-refractivity contribution in [3.8, 4) is 11.8 Å². The van der Waals surface area contributed by atoms with Crippen LogP contribution in [0.2, 0.25) is 0 Å². The van der Waals surface area contributed by atoms with Crippen LogP contribution in [0.5, 0.6) is 0 Å². The lowest BCUT2D eigenvalue weighted by atomic mass is 10.1. The van der Waals surface area contributed by atoms with E-state index in [9.17, 15) is 13.6 Å². The quantitative estimate of drug-likeness (QED) is 0.834. The lowest BCUT2D eigenvalue weighted by molar-refractivity contribution is 0.102. The van der Waals surface area contributed by atoms with Crippen molar-refractivity contribution < 1.29 is 13.6 Å². The molecule has 3 N–H and O–H groups in total. The standard InChI is InChI=1S/C16H12F2N2O/c17-13-5-1-3-12(9-13)16(21)20-14-7-6-11(4-2-8-19)15(18)10-14/h1,3,5-7,9-10H,8,19H2,(H,20,21). The average Bonchev–Trinajstić information content (AvgIpc) is 2.46. The second-order valence-corrected chi connectivity index (χ2v) is 4.16. The topological polar surface area (TPSA) is 55.1 Å². The molecule has 0 spiro atoms. The number of rotatable bonds is 2. The van der Waals surface area contributed by atoms with Crippen LogP contribution in [0.1, 0.15) is 15.9 Å². The van der Waals surface area contributed by atoms with Gasteiger partial charge >= 0.3 is 0 Å². The molecule has 0 unspecified atom stereocenters. The van der Waals surface area contributed by atoms with E-state index in [0.717, 1.165) is 12.1 Å². The van der Waals surface area contributed by atoms with Crippen LogP contribution in [0, 0.1) is 23.5 Å². The number of amides is 1. The van der Waals surface area contributed by atoms with Gasteiger partial charge in [-0.3, -0.25) is 4.79 Å². The number of nitrogens with one attached hydrogen (secondary N) is 1. The van der Waals surface area contributed by atoms with Crippen LogP contribution in [0.3, 0.4) is 0 Å². The minimum Gasteiger partial charge on any atom is -0.322 e. The molecular formula is C16H12F2N2O. The molecule has 106 valence electrons. The predicted molar refractivity (Wildman–Crippen MR) is 76.7 cm³/mol. The molecule has 5 heteroatoms. The van der Waals surface area contributed by atoms with E-state index in [1.54, 1.807) is 0 Å². The van der Waals surface area contributed by atoms with Gasteiger partial charge < -0.3 is 11.1 Å². The highest BCUT2D eigenvalue weighted by Gasteiger charge is 2.08. The zero-order valence-corrected chi connectivity index (χ0v) is 11.0. The van der Waals surface area contributed by atoms with Crippen molar-refractivity contribution >= 4 is 11.6 Å². The van der Waals surface area contributed by atoms with Gasteiger partial charge in [0.1, 0.15) is 11.6 Å². The molecule has 0 aliphatic carbocycles. The maximum atomic E-state index is 13.7. The number of carbonyl (C=O) groups is 1. The van der Waals surface area contributed by atoms with E-state index in [1.807, 2.05) is 0 Å². The molecule has 0 saturated carbocycles. The second-order valence-electron chi connectivity index (χ2n) is 4.16. The summed E-state index contributed by atoms with van der Waals surface area (Å²) in [5, 5.41) is 2.49. The molecule has 0 aliphatic heterocycles. The fourth-order valence-electron chi connectivity index (χ4n) is 1.67. The highest BCUT2D eigenvalue weighted by atomic mass is 19.1. The Morgan fingerprint density at radius 3 is 2.67 bits per heavy atom. The van der Waals surface area contributed by atoms with Gasteiger partial charge in [-0.1, -0.05) is 17.9 Å². The van der Waals surface area contributed by atoms with Gasteiger partial charge in [-0.2, -0.15) is 0 Å². The molecule has 0 radical (unpaired) electrons. The van der Waals surface area contributed by atoms with E-state index in [0.29, 0.717) is 0 Å². The van der Waals surface area contributed by atoms with Crippen molar-refractivity contribution in [2.75, 3.05) is 11.9 Å². The highest BCUT2D eigenvalue weighted by molar-refractivity contribution is 6.04. The Labute approximate surface area is 120 Å². The van der Waals surface area contributed by atoms with Crippen LogP contribution >= 0.6 is 0 Å². The van der Waals surface area contributed by atoms with Crippen molar-refractivity contribution in [2.45, 2.75) is 0 Å². The summed E-state index contributed by atoms with van der Waals surface area (Å²) in [5.74, 6) is 3.53. The van der Waals surface area contributed by atoms with E-state index in [-0.39, 0.29) is 23.4 Å². The maximum Gasteiger partial charge on any atom is 0.255 e. The predicted octanol–water partition coefficient (Wildman–Crippen LogP) is 2.53. The normalized spacial score (nSPS) is 9.67. The first kappa shape index (κ1) is 14.7. The van der Waals surface area contributed by atoms with Crippen LogP contribution in [-0.2, 0) is 0 Å². The molecule has 1 amide bonds. The molecule has 3 nitrogen and oxygen atoms in total. The monoisotopic (exact) mass is 286 g/mol. The van der Waals surface area contributed by atoms with Crippen molar-refractivity contribution in [3.05, 3.63) is 65.2 Å². The van der Waals surface area contributed by atoms with E-state index >= 15 is 0 Å². The molecule has 0 heterocycles. The number of carbonyl (C=O) groups excluding carboxylic acids is 1. The third-order valence-corrected chi connectivity index (χ3v) is 2.64. The second kappa shape index (κ2) is 6.64. The number of anilines is 1. The summed E-state index contributed by atoms with van der Waals surface area (Å²) in [6.07, 6.45) is 0. The van der Waals surface area contributed by atoms with Crippen LogP contribution < -0.4 is 11.1 Å². The number of hydrogen-bond acceptors (Lipinski definition) is 2. The average molecular weight is 286 g/mol. The number of hydrogen-bond donors (Lipinski definition) is 2. The third-order valence-electron chi connectivity index (χ3n) is 2.64. The van der Waals surface area contributed by atoms with E-state index < -0.39 is 17.5 Å². The summed E-state index contributed by atoms with van der Waals surface area (Å²) in [7, 11) is 0. The molecule has 2 rings (SSSR count). The highest BCUT2D eigenvalue weighted by Crippen LogP contribution is 2.15. The lowest BCUT2D eigenvalue weighted by Gasteiger charge is -2.06. The Kier molecular flexibility index (Phi) is 4.64. The van der Waals surface area contributed by atoms with Gasteiger partial charge in [0.25, 0.3) is 5.91 Å². The first-order valence-electron chi connectivity index (χ1n) is 6.15. The number of halogens is 2. The van der Waals surface area contributed by atoms with Gasteiger partial charge in [0.15, 0.2) is 0 Å². The lowest BCUT2D eigenvalue weighted by Crippen LogP contribution is -2.12. The smallest absolute Gasteiger partial charge is 0.255 e. The largest absolute Gasteiger partial charge is 0.322 e. The summed E-state index contributed by atoms with van der Waals surface area (Å²) >= 11 is 0. The molecule has 0 aromatic heterocycles. The zero-order chi connectivity index (χ0) is 15.2. The Hall–Kier alpha value is -2.71. The van der Waals surface area contributed by atoms with Crippen molar-refractivity contribution in [3.63, 3.8) is 0 Å². The Balaban J connectivity index is 2.17. The van der Waals surface area contributed by atoms with E-state index in [2.05, 4.69) is 17.2 Å². The minimum atomic E-state index is -0.562. The van der Waals surface area contributed by atoms with Crippen LogP contribution in [0.4, 0.5) is 14.5 Å². The molecular weight excluding hydrogens is 274 g/mol. The summed E-state index contributed by atoms with van der Waals surface area (Å²) in [4.78, 5) is 11.9. The fourth-order valence-corrected chi connectivity index (χ4v) is 1.67. The zero-order valence-electron chi connectivity index (χ0n) is 11.0. The summed E-state index contributed by atoms with van der Waals surface area (Å²) in [5.41, 5.74) is 5.83. The Bertz CT molecular complexity index is 733. The molecule has 0 bridgehead atoms. The summed E-state index contributed by atoms with van der Waals surface area (Å²) < 4.78 is 26.8. The molecule has 0 fully saturated rings. The van der Waals surface area contributed by atoms with Gasteiger partial charge in [0, 0.05) is 11.3 Å². The SMILES string of the molecule is NCC#Cc1ccc(NC(=O)c2cccc(F)c2)cc1F. The van der Waals surface area contributed by atoms with Gasteiger partial charge in [0.2, 0.25) is 0 Å². The van der Waals surface area contributed by atoms with Crippen molar-refractivity contribution in [1.29, 1.82) is 0 Å². The molecule has 0 saturated heterocycles. The van der Waals surface area contributed by atoms with Gasteiger partial charge in [0.05, 0.1) is 12.1 Å².